The van der Waals surface area contributed by atoms with Gasteiger partial charge in [0.1, 0.15) is 11.6 Å². The summed E-state index contributed by atoms with van der Waals surface area (Å²) in [6.07, 6.45) is 1.90. The van der Waals surface area contributed by atoms with E-state index in [2.05, 4.69) is 33.1 Å². The summed E-state index contributed by atoms with van der Waals surface area (Å²) >= 11 is 0. The molecule has 160 valence electrons. The van der Waals surface area contributed by atoms with E-state index >= 15 is 0 Å². The van der Waals surface area contributed by atoms with Crippen LogP contribution >= 0.6 is 0 Å². The Morgan fingerprint density at radius 2 is 1.94 bits per heavy atom. The van der Waals surface area contributed by atoms with Gasteiger partial charge in [0.25, 0.3) is 0 Å². The standard InChI is InChI=1S/C24H25FN4O2/c25-22-16(8-4-9-18(22)14-21(30)31)11-13-26-23(17-6-2-1-3-7-17)20-15-28-19-10-5-12-27-24(19)29-20/h1-10,12,20,23,26,28H,11,13-15H2,(H,27,29)(H,30,31)/t20-,23-/m1/s1. The van der Waals surface area contributed by atoms with E-state index in [0.29, 0.717) is 25.1 Å². The summed E-state index contributed by atoms with van der Waals surface area (Å²) < 4.78 is 14.7. The molecule has 3 aromatic rings. The van der Waals surface area contributed by atoms with Gasteiger partial charge >= 0.3 is 5.97 Å². The third-order valence-electron chi connectivity index (χ3n) is 5.46. The van der Waals surface area contributed by atoms with Crippen LogP contribution in [0.1, 0.15) is 22.7 Å². The molecule has 2 atom stereocenters. The first kappa shape index (κ1) is 20.8. The molecule has 0 amide bonds. The smallest absolute Gasteiger partial charge is 0.307 e. The van der Waals surface area contributed by atoms with Crippen molar-refractivity contribution in [3.05, 3.63) is 89.4 Å². The summed E-state index contributed by atoms with van der Waals surface area (Å²) in [5.41, 5.74) is 2.83. The Hall–Kier alpha value is -3.45. The van der Waals surface area contributed by atoms with Crippen molar-refractivity contribution in [2.75, 3.05) is 23.7 Å². The normalized spacial score (nSPS) is 16.0. The summed E-state index contributed by atoms with van der Waals surface area (Å²) in [4.78, 5) is 15.4. The fourth-order valence-electron chi connectivity index (χ4n) is 3.95. The number of carboxylic acids is 1. The summed E-state index contributed by atoms with van der Waals surface area (Å²) in [7, 11) is 0. The van der Waals surface area contributed by atoms with E-state index in [-0.39, 0.29) is 24.1 Å². The number of halogens is 1. The molecule has 4 rings (SSSR count). The first-order valence-corrected chi connectivity index (χ1v) is 10.3. The molecule has 0 unspecified atom stereocenters. The molecule has 6 nitrogen and oxygen atoms in total. The quantitative estimate of drug-likeness (QED) is 0.445. The van der Waals surface area contributed by atoms with Crippen LogP contribution in [0.5, 0.6) is 0 Å². The van der Waals surface area contributed by atoms with Gasteiger partial charge in [-0.1, -0.05) is 48.5 Å². The molecule has 0 radical (unpaired) electrons. The van der Waals surface area contributed by atoms with Gasteiger partial charge in [-0.05, 0) is 41.8 Å². The van der Waals surface area contributed by atoms with E-state index in [1.165, 1.54) is 6.07 Å². The van der Waals surface area contributed by atoms with Gasteiger partial charge in [0.2, 0.25) is 0 Å². The maximum absolute atomic E-state index is 14.7. The maximum Gasteiger partial charge on any atom is 0.307 e. The number of carboxylic acid groups (broad SMARTS) is 1. The van der Waals surface area contributed by atoms with Crippen molar-refractivity contribution in [2.45, 2.75) is 24.9 Å². The molecule has 4 N–H and O–H groups in total. The number of aromatic nitrogens is 1. The number of rotatable bonds is 8. The minimum atomic E-state index is -1.04. The lowest BCUT2D eigenvalue weighted by Crippen LogP contribution is -2.44. The number of hydrogen-bond donors (Lipinski definition) is 4. The first-order valence-electron chi connectivity index (χ1n) is 10.3. The van der Waals surface area contributed by atoms with Gasteiger partial charge in [-0.2, -0.15) is 0 Å². The van der Waals surface area contributed by atoms with Crippen LogP contribution in [0, 0.1) is 5.82 Å². The number of carbonyl (C=O) groups is 1. The van der Waals surface area contributed by atoms with Gasteiger partial charge in [-0.25, -0.2) is 9.37 Å². The van der Waals surface area contributed by atoms with E-state index in [4.69, 9.17) is 5.11 Å². The molecular formula is C24H25FN4O2. The molecule has 0 bridgehead atoms. The van der Waals surface area contributed by atoms with Crippen molar-refractivity contribution < 1.29 is 14.3 Å². The molecule has 2 heterocycles. The molecule has 1 aromatic heterocycles. The number of pyridine rings is 1. The van der Waals surface area contributed by atoms with Crippen LogP contribution in [0.25, 0.3) is 0 Å². The Morgan fingerprint density at radius 3 is 2.74 bits per heavy atom. The molecule has 7 heteroatoms. The highest BCUT2D eigenvalue weighted by Gasteiger charge is 2.27. The minimum Gasteiger partial charge on any atom is -0.481 e. The van der Waals surface area contributed by atoms with Crippen molar-refractivity contribution in [1.82, 2.24) is 10.3 Å². The predicted molar refractivity (Wildman–Crippen MR) is 119 cm³/mol. The van der Waals surface area contributed by atoms with E-state index in [9.17, 15) is 9.18 Å². The van der Waals surface area contributed by atoms with Gasteiger partial charge in [0, 0.05) is 12.7 Å². The summed E-state index contributed by atoms with van der Waals surface area (Å²) in [6, 6.07) is 19.0. The molecule has 31 heavy (non-hydrogen) atoms. The summed E-state index contributed by atoms with van der Waals surface area (Å²) in [6.45, 7) is 1.26. The highest BCUT2D eigenvalue weighted by molar-refractivity contribution is 5.70. The van der Waals surface area contributed by atoms with Crippen LogP contribution in [0.4, 0.5) is 15.9 Å². The van der Waals surface area contributed by atoms with Gasteiger partial charge in [-0.15, -0.1) is 0 Å². The SMILES string of the molecule is O=C(O)Cc1cccc(CCN[C@H](c2ccccc2)[C@H]2CNc3cccnc3N2)c1F. The molecule has 1 aliphatic rings. The predicted octanol–water partition coefficient (Wildman–Crippen LogP) is 3.63. The molecule has 0 fully saturated rings. The minimum absolute atomic E-state index is 0.0193. The fourth-order valence-corrected chi connectivity index (χ4v) is 3.95. The Bertz CT molecular complexity index is 1040. The lowest BCUT2D eigenvalue weighted by molar-refractivity contribution is -0.136. The fraction of sp³-hybridized carbons (Fsp3) is 0.250. The average molecular weight is 420 g/mol. The Balaban J connectivity index is 1.48. The number of nitrogens with zero attached hydrogens (tertiary/aromatic N) is 1. The third-order valence-corrected chi connectivity index (χ3v) is 5.46. The summed E-state index contributed by atoms with van der Waals surface area (Å²) in [5.74, 6) is -0.657. The highest BCUT2D eigenvalue weighted by Crippen LogP contribution is 2.28. The van der Waals surface area contributed by atoms with Crippen molar-refractivity contribution in [3.8, 4) is 0 Å². The second-order valence-corrected chi connectivity index (χ2v) is 7.58. The average Bonchev–Trinajstić information content (AvgIpc) is 2.79. The Labute approximate surface area is 180 Å². The number of benzene rings is 2. The van der Waals surface area contributed by atoms with Crippen molar-refractivity contribution in [2.24, 2.45) is 0 Å². The molecule has 0 saturated heterocycles. The monoisotopic (exact) mass is 420 g/mol. The number of hydrogen-bond acceptors (Lipinski definition) is 5. The molecule has 0 saturated carbocycles. The lowest BCUT2D eigenvalue weighted by Gasteiger charge is -2.34. The van der Waals surface area contributed by atoms with Crippen LogP contribution in [0.3, 0.4) is 0 Å². The van der Waals surface area contributed by atoms with Gasteiger partial charge in [0.05, 0.1) is 24.2 Å². The molecule has 0 aliphatic carbocycles. The van der Waals surface area contributed by atoms with Crippen LogP contribution < -0.4 is 16.0 Å². The largest absolute Gasteiger partial charge is 0.481 e. The number of aliphatic carboxylic acids is 1. The van der Waals surface area contributed by atoms with Crippen LogP contribution in [-0.4, -0.2) is 35.2 Å². The number of fused-ring (bicyclic) bond motifs is 1. The van der Waals surface area contributed by atoms with Crippen molar-refractivity contribution in [3.63, 3.8) is 0 Å². The van der Waals surface area contributed by atoms with Gasteiger partial charge in [-0.3, -0.25) is 4.79 Å². The first-order chi connectivity index (χ1) is 15.1. The Kier molecular flexibility index (Phi) is 6.43. The topological polar surface area (TPSA) is 86.3 Å². The van der Waals surface area contributed by atoms with E-state index in [1.807, 2.05) is 30.3 Å². The third kappa shape index (κ3) is 5.00. The van der Waals surface area contributed by atoms with Gasteiger partial charge < -0.3 is 21.1 Å². The number of anilines is 2. The zero-order valence-electron chi connectivity index (χ0n) is 17.0. The zero-order valence-corrected chi connectivity index (χ0v) is 17.0. The van der Waals surface area contributed by atoms with E-state index < -0.39 is 11.8 Å². The molecule has 2 aromatic carbocycles. The molecular weight excluding hydrogens is 395 g/mol. The molecule has 1 aliphatic heterocycles. The van der Waals surface area contributed by atoms with Crippen molar-refractivity contribution in [1.29, 1.82) is 0 Å². The second kappa shape index (κ2) is 9.57. The number of nitrogens with one attached hydrogen (secondary N) is 3. The summed E-state index contributed by atoms with van der Waals surface area (Å²) in [5, 5.41) is 19.5. The van der Waals surface area contributed by atoms with E-state index in [0.717, 1.165) is 17.1 Å². The highest BCUT2D eigenvalue weighted by atomic mass is 19.1. The lowest BCUT2D eigenvalue weighted by atomic mass is 9.97. The van der Waals surface area contributed by atoms with Crippen molar-refractivity contribution >= 4 is 17.5 Å². The van der Waals surface area contributed by atoms with E-state index in [1.54, 1.807) is 18.3 Å². The second-order valence-electron chi connectivity index (χ2n) is 7.58. The van der Waals surface area contributed by atoms with Crippen LogP contribution in [0.15, 0.2) is 66.9 Å². The molecule has 0 spiro atoms. The van der Waals surface area contributed by atoms with Crippen LogP contribution in [-0.2, 0) is 17.6 Å². The zero-order chi connectivity index (χ0) is 21.6. The maximum atomic E-state index is 14.7. The van der Waals surface area contributed by atoms with Crippen LogP contribution in [0.2, 0.25) is 0 Å². The Morgan fingerprint density at radius 1 is 1.13 bits per heavy atom. The van der Waals surface area contributed by atoms with Gasteiger partial charge in [0.15, 0.2) is 0 Å².